The summed E-state index contributed by atoms with van der Waals surface area (Å²) in [7, 11) is 0. The van der Waals surface area contributed by atoms with E-state index in [1.807, 2.05) is 78.9 Å². The van der Waals surface area contributed by atoms with Gasteiger partial charge in [-0.3, -0.25) is 0 Å². The van der Waals surface area contributed by atoms with Gasteiger partial charge in [-0.2, -0.15) is 72.3 Å². The van der Waals surface area contributed by atoms with Crippen LogP contribution < -0.4 is 0 Å². The fourth-order valence-corrected chi connectivity index (χ4v) is 2.83. The number of hydrogen-bond acceptors (Lipinski definition) is 0. The molecule has 0 amide bonds. The first-order chi connectivity index (χ1) is 12.0. The Morgan fingerprint density at radius 1 is 0.560 bits per heavy atom. The van der Waals surface area contributed by atoms with Crippen LogP contribution in [0.5, 0.6) is 0 Å². The van der Waals surface area contributed by atoms with E-state index in [2.05, 4.69) is 24.3 Å². The van der Waals surface area contributed by atoms with Gasteiger partial charge in [-0.25, -0.2) is 0 Å². The minimum atomic E-state index is 0. The van der Waals surface area contributed by atoms with Crippen molar-refractivity contribution < 1.29 is 25.8 Å². The normalized spacial score (nSPS) is 13.1. The molecule has 1 radical (unpaired) electrons. The van der Waals surface area contributed by atoms with Gasteiger partial charge in [-0.1, -0.05) is 55.7 Å². The molecule has 0 aromatic heterocycles. The molecule has 127 valence electrons. The zero-order chi connectivity index (χ0) is 16.7. The molecule has 0 bridgehead atoms. The SMILES string of the molecule is [Sc].[c-]1ccc(C2CCCCC2)cc1.[c-]1ccccc1.c1ccccc1. The van der Waals surface area contributed by atoms with Crippen molar-refractivity contribution in [1.29, 1.82) is 0 Å². The van der Waals surface area contributed by atoms with Crippen molar-refractivity contribution in [2.75, 3.05) is 0 Å². The molecule has 3 aromatic rings. The van der Waals surface area contributed by atoms with Crippen LogP contribution in [0.4, 0.5) is 0 Å². The summed E-state index contributed by atoms with van der Waals surface area (Å²) in [6.07, 6.45) is 7.07. The van der Waals surface area contributed by atoms with Crippen LogP contribution in [0, 0.1) is 12.1 Å². The van der Waals surface area contributed by atoms with E-state index in [-0.39, 0.29) is 25.8 Å². The molecule has 0 saturated heterocycles. The summed E-state index contributed by atoms with van der Waals surface area (Å²) in [5, 5.41) is 0. The molecule has 1 heteroatoms. The van der Waals surface area contributed by atoms with E-state index in [0.717, 1.165) is 5.92 Å². The van der Waals surface area contributed by atoms with Crippen molar-refractivity contribution in [3.05, 3.63) is 109 Å². The molecule has 0 unspecified atom stereocenters. The molecule has 3 aromatic carbocycles. The van der Waals surface area contributed by atoms with Crippen molar-refractivity contribution >= 4 is 0 Å². The van der Waals surface area contributed by atoms with E-state index < -0.39 is 0 Å². The molecule has 4 rings (SSSR count). The molecule has 0 aliphatic heterocycles. The second-order valence-corrected chi connectivity index (χ2v) is 5.90. The zero-order valence-electron chi connectivity index (χ0n) is 14.9. The maximum Gasteiger partial charge on any atom is 0 e. The maximum absolute atomic E-state index is 3.07. The Hall–Kier alpha value is -1.47. The van der Waals surface area contributed by atoms with Gasteiger partial charge in [0.15, 0.2) is 0 Å². The Kier molecular flexibility index (Phi) is 12.8. The first-order valence-electron chi connectivity index (χ1n) is 8.84. The minimum Gasteiger partial charge on any atom is -0.184 e. The van der Waals surface area contributed by atoms with Crippen molar-refractivity contribution in [1.82, 2.24) is 0 Å². The van der Waals surface area contributed by atoms with Crippen molar-refractivity contribution in [2.24, 2.45) is 0 Å². The Balaban J connectivity index is 0.000000204. The van der Waals surface area contributed by atoms with Crippen LogP contribution in [0.15, 0.2) is 91.0 Å². The van der Waals surface area contributed by atoms with Gasteiger partial charge >= 0.3 is 0 Å². The molecule has 0 heterocycles. The zero-order valence-corrected chi connectivity index (χ0v) is 16.7. The van der Waals surface area contributed by atoms with Crippen LogP contribution in [-0.2, 0) is 25.8 Å². The summed E-state index contributed by atoms with van der Waals surface area (Å²) in [5.74, 6) is 0.841. The van der Waals surface area contributed by atoms with E-state index in [1.54, 1.807) is 0 Å². The van der Waals surface area contributed by atoms with Gasteiger partial charge in [0.1, 0.15) is 0 Å². The molecule has 0 N–H and O–H groups in total. The van der Waals surface area contributed by atoms with E-state index in [9.17, 15) is 0 Å². The Bertz CT molecular complexity index is 516. The Morgan fingerprint density at radius 3 is 1.40 bits per heavy atom. The summed E-state index contributed by atoms with van der Waals surface area (Å²) in [4.78, 5) is 0. The fraction of sp³-hybridized carbons (Fsp3) is 0.250. The minimum absolute atomic E-state index is 0. The molecule has 1 saturated carbocycles. The molecule has 0 atom stereocenters. The second kappa shape index (κ2) is 14.8. The van der Waals surface area contributed by atoms with Crippen LogP contribution in [0.3, 0.4) is 0 Å². The summed E-state index contributed by atoms with van der Waals surface area (Å²) >= 11 is 0. The molecule has 1 aliphatic carbocycles. The quantitative estimate of drug-likeness (QED) is 0.424. The molecule has 0 nitrogen and oxygen atoms in total. The van der Waals surface area contributed by atoms with Gasteiger partial charge in [0.2, 0.25) is 0 Å². The molecule has 0 spiro atoms. The molecule has 25 heavy (non-hydrogen) atoms. The standard InChI is InChI=1S/C12H15.C6H6.C6H5.Sc/c1-3-7-11(8-4-1)12-9-5-2-6-10-12;2*1-2-4-6-5-3-1;/h5-6,9-11H,1,3-4,7-8H2;1-6H;1-5H;/q-1;;-1;. The van der Waals surface area contributed by atoms with Gasteiger partial charge in [0, 0.05) is 25.8 Å². The smallest absolute Gasteiger partial charge is 0 e. The molecule has 1 aliphatic rings. The summed E-state index contributed by atoms with van der Waals surface area (Å²) < 4.78 is 0. The molecular weight excluding hydrogens is 333 g/mol. The van der Waals surface area contributed by atoms with Gasteiger partial charge in [-0.15, -0.1) is 0 Å². The van der Waals surface area contributed by atoms with Gasteiger partial charge in [0.05, 0.1) is 0 Å². The van der Waals surface area contributed by atoms with Crippen LogP contribution in [0.25, 0.3) is 0 Å². The number of hydrogen-bond donors (Lipinski definition) is 0. The van der Waals surface area contributed by atoms with E-state index in [0.29, 0.717) is 0 Å². The number of rotatable bonds is 1. The van der Waals surface area contributed by atoms with Crippen LogP contribution >= 0.6 is 0 Å². The third kappa shape index (κ3) is 10.2. The summed E-state index contributed by atoms with van der Waals surface area (Å²) in [5.41, 5.74) is 1.52. The van der Waals surface area contributed by atoms with Crippen LogP contribution in [0.1, 0.15) is 43.6 Å². The largest absolute Gasteiger partial charge is 0.184 e. The predicted molar refractivity (Wildman–Crippen MR) is 103 cm³/mol. The third-order valence-corrected chi connectivity index (χ3v) is 4.09. The topological polar surface area (TPSA) is 0 Å². The van der Waals surface area contributed by atoms with Crippen molar-refractivity contribution in [2.45, 2.75) is 38.0 Å². The van der Waals surface area contributed by atoms with Gasteiger partial charge in [0.25, 0.3) is 0 Å². The third-order valence-electron chi connectivity index (χ3n) is 4.09. The maximum atomic E-state index is 3.07. The fourth-order valence-electron chi connectivity index (χ4n) is 2.83. The van der Waals surface area contributed by atoms with Crippen molar-refractivity contribution in [3.63, 3.8) is 0 Å². The van der Waals surface area contributed by atoms with Gasteiger partial charge in [-0.05, 0) is 18.8 Å². The average molecular weight is 359 g/mol. The first-order valence-corrected chi connectivity index (χ1v) is 8.84. The van der Waals surface area contributed by atoms with Crippen molar-refractivity contribution in [3.8, 4) is 0 Å². The Labute approximate surface area is 172 Å². The number of benzene rings is 3. The second-order valence-electron chi connectivity index (χ2n) is 5.90. The molecular formula is C24H26Sc-2. The van der Waals surface area contributed by atoms with E-state index in [4.69, 9.17) is 0 Å². The van der Waals surface area contributed by atoms with E-state index >= 15 is 0 Å². The van der Waals surface area contributed by atoms with E-state index in [1.165, 1.54) is 37.7 Å². The molecule has 1 fully saturated rings. The summed E-state index contributed by atoms with van der Waals surface area (Å²) in [6, 6.07) is 36.1. The van der Waals surface area contributed by atoms with Crippen LogP contribution in [0.2, 0.25) is 0 Å². The van der Waals surface area contributed by atoms with Crippen LogP contribution in [-0.4, -0.2) is 0 Å². The average Bonchev–Trinajstić information content (AvgIpc) is 2.73. The summed E-state index contributed by atoms with van der Waals surface area (Å²) in [6.45, 7) is 0. The first kappa shape index (κ1) is 21.6. The monoisotopic (exact) mass is 359 g/mol. The van der Waals surface area contributed by atoms with Gasteiger partial charge < -0.3 is 0 Å². The predicted octanol–water partition coefficient (Wildman–Crippen LogP) is 6.71. The Morgan fingerprint density at radius 2 is 1.00 bits per heavy atom.